The van der Waals surface area contributed by atoms with Crippen LogP contribution >= 0.6 is 0 Å². The molecule has 2 atom stereocenters. The van der Waals surface area contributed by atoms with Gasteiger partial charge in [-0.15, -0.1) is 0 Å². The summed E-state index contributed by atoms with van der Waals surface area (Å²) < 4.78 is 15.3. The van der Waals surface area contributed by atoms with Crippen LogP contribution in [0.1, 0.15) is 27.2 Å². The molecule has 27 heavy (non-hydrogen) atoms. The number of esters is 1. The fourth-order valence-corrected chi connectivity index (χ4v) is 2.54. The number of hydrogen-bond donors (Lipinski definition) is 0. The van der Waals surface area contributed by atoms with Crippen LogP contribution < -0.4 is 4.74 Å². The summed E-state index contributed by atoms with van der Waals surface area (Å²) in [5, 5.41) is 11.1. The number of para-hydroxylation sites is 2. The van der Waals surface area contributed by atoms with Crippen molar-refractivity contribution in [3.63, 3.8) is 0 Å². The summed E-state index contributed by atoms with van der Waals surface area (Å²) in [6.45, 7) is 4.83. The molecule has 2 amide bonds. The number of carbonyl (C=O) groups is 3. The van der Waals surface area contributed by atoms with Crippen molar-refractivity contribution < 1.29 is 33.5 Å². The van der Waals surface area contributed by atoms with E-state index in [1.54, 1.807) is 20.8 Å². The SMILES string of the molecule is COC(=O)[C@@H]1C[C@H](Oc2ccccc2[N+](=O)[O-])C(=O)N1C(=O)OC(C)(C)C. The van der Waals surface area contributed by atoms with Gasteiger partial charge in [0.25, 0.3) is 5.91 Å². The number of methoxy groups -OCH3 is 1. The van der Waals surface area contributed by atoms with Crippen molar-refractivity contribution in [3.05, 3.63) is 34.4 Å². The highest BCUT2D eigenvalue weighted by atomic mass is 16.6. The molecule has 10 nitrogen and oxygen atoms in total. The second-order valence-electron chi connectivity index (χ2n) is 6.79. The molecule has 0 unspecified atom stereocenters. The molecular formula is C17H20N2O8. The van der Waals surface area contributed by atoms with E-state index in [0.717, 1.165) is 7.11 Å². The Morgan fingerprint density at radius 2 is 1.89 bits per heavy atom. The van der Waals surface area contributed by atoms with E-state index in [1.165, 1.54) is 24.3 Å². The maximum absolute atomic E-state index is 12.7. The van der Waals surface area contributed by atoms with Crippen LogP contribution in [0, 0.1) is 10.1 Å². The Morgan fingerprint density at radius 1 is 1.26 bits per heavy atom. The number of rotatable bonds is 4. The molecule has 1 aliphatic heterocycles. The lowest BCUT2D eigenvalue weighted by molar-refractivity contribution is -0.386. The van der Waals surface area contributed by atoms with E-state index in [2.05, 4.69) is 4.74 Å². The first kappa shape index (κ1) is 20.1. The van der Waals surface area contributed by atoms with Crippen molar-refractivity contribution in [2.45, 2.75) is 44.9 Å². The molecule has 1 fully saturated rings. The largest absolute Gasteiger partial charge is 0.473 e. The molecule has 1 aromatic rings. The number of imide groups is 1. The Bertz CT molecular complexity index is 770. The van der Waals surface area contributed by atoms with Crippen molar-refractivity contribution in [2.24, 2.45) is 0 Å². The Balaban J connectivity index is 2.30. The van der Waals surface area contributed by atoms with Gasteiger partial charge in [-0.1, -0.05) is 12.1 Å². The minimum Gasteiger partial charge on any atom is -0.473 e. The summed E-state index contributed by atoms with van der Waals surface area (Å²) in [5.74, 6) is -1.80. The molecular weight excluding hydrogens is 360 g/mol. The first-order valence-electron chi connectivity index (χ1n) is 8.09. The summed E-state index contributed by atoms with van der Waals surface area (Å²) in [6, 6.07) is 4.26. The number of nitro benzene ring substituents is 1. The summed E-state index contributed by atoms with van der Waals surface area (Å²) in [6.07, 6.45) is -2.50. The van der Waals surface area contributed by atoms with Gasteiger partial charge < -0.3 is 14.2 Å². The van der Waals surface area contributed by atoms with Crippen molar-refractivity contribution >= 4 is 23.7 Å². The van der Waals surface area contributed by atoms with Gasteiger partial charge in [0.2, 0.25) is 0 Å². The van der Waals surface area contributed by atoms with Crippen LogP contribution in [0.4, 0.5) is 10.5 Å². The van der Waals surface area contributed by atoms with Gasteiger partial charge in [-0.2, -0.15) is 0 Å². The lowest BCUT2D eigenvalue weighted by atomic mass is 10.2. The standard InChI is InChI=1S/C17H20N2O8/c1-17(2,3)27-16(22)18-11(15(21)25-4)9-13(14(18)20)26-12-8-6-5-7-10(12)19(23)24/h5-8,11,13H,9H2,1-4H3/t11-,13-/m0/s1. The predicted octanol–water partition coefficient (Wildman–Crippen LogP) is 2.05. The van der Waals surface area contributed by atoms with Crippen LogP contribution in [0.25, 0.3) is 0 Å². The van der Waals surface area contributed by atoms with Crippen LogP contribution in [0.15, 0.2) is 24.3 Å². The summed E-state index contributed by atoms with van der Waals surface area (Å²) in [5.41, 5.74) is -1.23. The molecule has 0 aliphatic carbocycles. The van der Waals surface area contributed by atoms with E-state index in [4.69, 9.17) is 9.47 Å². The molecule has 0 bridgehead atoms. The molecule has 10 heteroatoms. The molecule has 0 spiro atoms. The average Bonchev–Trinajstić information content (AvgIpc) is 2.89. The summed E-state index contributed by atoms with van der Waals surface area (Å²) in [7, 11) is 1.12. The fourth-order valence-electron chi connectivity index (χ4n) is 2.54. The minimum absolute atomic E-state index is 0.143. The van der Waals surface area contributed by atoms with Crippen LogP contribution in [0.5, 0.6) is 5.75 Å². The van der Waals surface area contributed by atoms with Crippen molar-refractivity contribution in [1.82, 2.24) is 4.90 Å². The molecule has 0 saturated carbocycles. The third-order valence-corrected chi connectivity index (χ3v) is 3.66. The minimum atomic E-state index is -1.28. The van der Waals surface area contributed by atoms with Crippen molar-refractivity contribution in [3.8, 4) is 5.75 Å². The molecule has 146 valence electrons. The summed E-state index contributed by atoms with van der Waals surface area (Å²) in [4.78, 5) is 48.2. The van der Waals surface area contributed by atoms with E-state index in [-0.39, 0.29) is 17.9 Å². The van der Waals surface area contributed by atoms with Crippen LogP contribution in [-0.4, -0.2) is 52.6 Å². The van der Waals surface area contributed by atoms with Gasteiger partial charge in [0.05, 0.1) is 12.0 Å². The zero-order valence-electron chi connectivity index (χ0n) is 15.3. The highest BCUT2D eigenvalue weighted by molar-refractivity contribution is 6.02. The second-order valence-corrected chi connectivity index (χ2v) is 6.79. The molecule has 0 N–H and O–H groups in total. The highest BCUT2D eigenvalue weighted by Gasteiger charge is 2.50. The number of hydrogen-bond acceptors (Lipinski definition) is 8. The van der Waals surface area contributed by atoms with E-state index in [0.29, 0.717) is 4.90 Å². The van der Waals surface area contributed by atoms with E-state index < -0.39 is 40.6 Å². The van der Waals surface area contributed by atoms with Crippen LogP contribution in [0.3, 0.4) is 0 Å². The van der Waals surface area contributed by atoms with Gasteiger partial charge in [-0.25, -0.2) is 14.5 Å². The molecule has 1 saturated heterocycles. The lowest BCUT2D eigenvalue weighted by Gasteiger charge is -2.25. The number of benzene rings is 1. The third kappa shape index (κ3) is 4.52. The average molecular weight is 380 g/mol. The van der Waals surface area contributed by atoms with Crippen molar-refractivity contribution in [2.75, 3.05) is 7.11 Å². The maximum atomic E-state index is 12.7. The van der Waals surface area contributed by atoms with Crippen LogP contribution in [0.2, 0.25) is 0 Å². The van der Waals surface area contributed by atoms with Gasteiger partial charge in [0.1, 0.15) is 11.6 Å². The van der Waals surface area contributed by atoms with Crippen molar-refractivity contribution in [1.29, 1.82) is 0 Å². The molecule has 0 radical (unpaired) electrons. The van der Waals surface area contributed by atoms with E-state index in [9.17, 15) is 24.5 Å². The zero-order chi connectivity index (χ0) is 20.4. The Morgan fingerprint density at radius 3 is 2.44 bits per heavy atom. The summed E-state index contributed by atoms with van der Waals surface area (Å²) >= 11 is 0. The van der Waals surface area contributed by atoms with Gasteiger partial charge >= 0.3 is 17.7 Å². The molecule has 1 aromatic carbocycles. The number of nitro groups is 1. The smallest absolute Gasteiger partial charge is 0.417 e. The van der Waals surface area contributed by atoms with Gasteiger partial charge in [-0.05, 0) is 26.8 Å². The number of carbonyl (C=O) groups excluding carboxylic acids is 3. The monoisotopic (exact) mass is 380 g/mol. The maximum Gasteiger partial charge on any atom is 0.417 e. The number of amides is 2. The van der Waals surface area contributed by atoms with Gasteiger partial charge in [-0.3, -0.25) is 14.9 Å². The fraction of sp³-hybridized carbons (Fsp3) is 0.471. The van der Waals surface area contributed by atoms with Gasteiger partial charge in [0.15, 0.2) is 11.9 Å². The number of ether oxygens (including phenoxy) is 3. The molecule has 1 heterocycles. The van der Waals surface area contributed by atoms with E-state index >= 15 is 0 Å². The molecule has 0 aromatic heterocycles. The third-order valence-electron chi connectivity index (χ3n) is 3.66. The molecule has 2 rings (SSSR count). The Kier molecular flexibility index (Phi) is 5.67. The predicted molar refractivity (Wildman–Crippen MR) is 91.0 cm³/mol. The topological polar surface area (TPSA) is 125 Å². The number of likely N-dealkylation sites (tertiary alicyclic amines) is 1. The van der Waals surface area contributed by atoms with Crippen LogP contribution in [-0.2, 0) is 19.1 Å². The quantitative estimate of drug-likeness (QED) is 0.441. The first-order chi connectivity index (χ1) is 12.5. The second kappa shape index (κ2) is 7.60. The highest BCUT2D eigenvalue weighted by Crippen LogP contribution is 2.31. The number of nitrogens with zero attached hydrogens (tertiary/aromatic N) is 2. The normalized spacial score (nSPS) is 19.6. The molecule has 1 aliphatic rings. The lowest BCUT2D eigenvalue weighted by Crippen LogP contribution is -2.46. The Labute approximate surface area is 155 Å². The Hall–Kier alpha value is -3.17. The van der Waals surface area contributed by atoms with Gasteiger partial charge in [0, 0.05) is 12.5 Å². The van der Waals surface area contributed by atoms with E-state index in [1.807, 2.05) is 0 Å². The zero-order valence-corrected chi connectivity index (χ0v) is 15.3. The first-order valence-corrected chi connectivity index (χ1v) is 8.09.